The van der Waals surface area contributed by atoms with E-state index in [2.05, 4.69) is 34.5 Å². The van der Waals surface area contributed by atoms with Crippen molar-refractivity contribution in [2.45, 2.75) is 43.7 Å². The molecule has 3 aliphatic heterocycles. The minimum Gasteiger partial charge on any atom is -0.376 e. The third kappa shape index (κ3) is 3.87. The Bertz CT molecular complexity index is 665. The van der Waals surface area contributed by atoms with Crippen LogP contribution in [0.2, 0.25) is 0 Å². The lowest BCUT2D eigenvalue weighted by Gasteiger charge is -2.50. The molecule has 6 nitrogen and oxygen atoms in total. The molecule has 4 rings (SSSR count). The maximum atomic E-state index is 12.8. The van der Waals surface area contributed by atoms with Crippen LogP contribution in [-0.2, 0) is 20.7 Å². The van der Waals surface area contributed by atoms with Crippen molar-refractivity contribution in [1.29, 1.82) is 0 Å². The summed E-state index contributed by atoms with van der Waals surface area (Å²) in [6.45, 7) is 4.10. The number of hydrogen-bond acceptors (Lipinski definition) is 4. The first-order valence-corrected chi connectivity index (χ1v) is 10.1. The molecule has 3 aliphatic rings. The zero-order valence-electron chi connectivity index (χ0n) is 15.9. The average Bonchev–Trinajstić information content (AvgIpc) is 3.22. The Kier molecular flexibility index (Phi) is 5.45. The molecule has 27 heavy (non-hydrogen) atoms. The molecule has 6 heteroatoms. The number of amides is 2. The number of piperidine rings is 1. The second-order valence-electron chi connectivity index (χ2n) is 7.93. The summed E-state index contributed by atoms with van der Waals surface area (Å²) in [5.74, 6) is 0.0469. The van der Waals surface area contributed by atoms with Crippen molar-refractivity contribution in [3.63, 3.8) is 0 Å². The first kappa shape index (κ1) is 18.4. The summed E-state index contributed by atoms with van der Waals surface area (Å²) >= 11 is 0. The number of likely N-dealkylation sites (tertiary alicyclic amines) is 1. The van der Waals surface area contributed by atoms with Gasteiger partial charge < -0.3 is 19.9 Å². The number of ether oxygens (including phenoxy) is 1. The highest BCUT2D eigenvalue weighted by Gasteiger charge is 2.51. The van der Waals surface area contributed by atoms with Gasteiger partial charge >= 0.3 is 0 Å². The molecule has 146 valence electrons. The van der Waals surface area contributed by atoms with Gasteiger partial charge in [-0.3, -0.25) is 9.59 Å². The van der Waals surface area contributed by atoms with Crippen LogP contribution < -0.4 is 5.32 Å². The van der Waals surface area contributed by atoms with E-state index in [1.165, 1.54) is 5.56 Å². The minimum atomic E-state index is -0.690. The Labute approximate surface area is 160 Å². The SMILES string of the molecule is O=C1CNC(=O)C2(CCN(CCc3ccccc3)CC2)N1CC1CCCO1. The van der Waals surface area contributed by atoms with E-state index < -0.39 is 5.54 Å². The molecule has 0 bridgehead atoms. The molecule has 1 atom stereocenters. The van der Waals surface area contributed by atoms with E-state index in [4.69, 9.17) is 4.74 Å². The van der Waals surface area contributed by atoms with E-state index in [0.717, 1.165) is 45.5 Å². The van der Waals surface area contributed by atoms with Crippen molar-refractivity contribution in [3.05, 3.63) is 35.9 Å². The lowest BCUT2D eigenvalue weighted by Crippen LogP contribution is -2.70. The molecule has 3 fully saturated rings. The monoisotopic (exact) mass is 371 g/mol. The highest BCUT2D eigenvalue weighted by atomic mass is 16.5. The molecule has 0 radical (unpaired) electrons. The second-order valence-corrected chi connectivity index (χ2v) is 7.93. The summed E-state index contributed by atoms with van der Waals surface area (Å²) in [4.78, 5) is 29.7. The van der Waals surface area contributed by atoms with E-state index >= 15 is 0 Å². The molecule has 0 saturated carbocycles. The second kappa shape index (κ2) is 7.98. The number of carbonyl (C=O) groups is 2. The lowest BCUT2D eigenvalue weighted by atomic mass is 9.82. The quantitative estimate of drug-likeness (QED) is 0.845. The fourth-order valence-electron chi connectivity index (χ4n) is 4.62. The predicted octanol–water partition coefficient (Wildman–Crippen LogP) is 1.20. The van der Waals surface area contributed by atoms with Crippen LogP contribution in [0, 0.1) is 0 Å². The largest absolute Gasteiger partial charge is 0.376 e. The Hall–Kier alpha value is -1.92. The maximum absolute atomic E-state index is 12.8. The Morgan fingerprint density at radius 2 is 1.93 bits per heavy atom. The van der Waals surface area contributed by atoms with Crippen LogP contribution in [0.5, 0.6) is 0 Å². The number of rotatable bonds is 5. The van der Waals surface area contributed by atoms with Crippen molar-refractivity contribution in [2.75, 3.05) is 39.3 Å². The van der Waals surface area contributed by atoms with Gasteiger partial charge in [-0.2, -0.15) is 0 Å². The number of piperazine rings is 1. The zero-order chi connectivity index (χ0) is 18.7. The van der Waals surface area contributed by atoms with Crippen LogP contribution in [0.3, 0.4) is 0 Å². The molecule has 1 N–H and O–H groups in total. The predicted molar refractivity (Wildman–Crippen MR) is 102 cm³/mol. The topological polar surface area (TPSA) is 61.9 Å². The summed E-state index contributed by atoms with van der Waals surface area (Å²) in [5.41, 5.74) is 0.647. The molecule has 0 aliphatic carbocycles. The Morgan fingerprint density at radius 1 is 1.15 bits per heavy atom. The van der Waals surface area contributed by atoms with Crippen molar-refractivity contribution in [3.8, 4) is 0 Å². The number of nitrogens with one attached hydrogen (secondary N) is 1. The normalized spacial score (nSPS) is 25.8. The fourth-order valence-corrected chi connectivity index (χ4v) is 4.62. The van der Waals surface area contributed by atoms with Crippen LogP contribution >= 0.6 is 0 Å². The first-order chi connectivity index (χ1) is 13.2. The van der Waals surface area contributed by atoms with Crippen molar-refractivity contribution >= 4 is 11.8 Å². The number of benzene rings is 1. The molecular formula is C21H29N3O3. The van der Waals surface area contributed by atoms with Crippen LogP contribution in [-0.4, -0.2) is 72.6 Å². The molecule has 1 aromatic carbocycles. The van der Waals surface area contributed by atoms with Crippen molar-refractivity contribution in [2.24, 2.45) is 0 Å². The Morgan fingerprint density at radius 3 is 2.63 bits per heavy atom. The molecule has 1 unspecified atom stereocenters. The van der Waals surface area contributed by atoms with E-state index in [1.54, 1.807) is 0 Å². The standard InChI is InChI=1S/C21H29N3O3/c25-19-15-22-20(26)21(24(19)16-18-7-4-14-27-18)9-12-23(13-10-21)11-8-17-5-2-1-3-6-17/h1-3,5-6,18H,4,7-16H2,(H,22,26). The van der Waals surface area contributed by atoms with E-state index in [1.807, 2.05) is 11.0 Å². The van der Waals surface area contributed by atoms with Gasteiger partial charge in [0.2, 0.25) is 11.8 Å². The van der Waals surface area contributed by atoms with Crippen molar-refractivity contribution < 1.29 is 14.3 Å². The number of hydrogen-bond donors (Lipinski definition) is 1. The molecule has 3 heterocycles. The van der Waals surface area contributed by atoms with Gasteiger partial charge in [0.15, 0.2) is 0 Å². The summed E-state index contributed by atoms with van der Waals surface area (Å²) < 4.78 is 5.75. The average molecular weight is 371 g/mol. The number of carbonyl (C=O) groups excluding carboxylic acids is 2. The van der Waals surface area contributed by atoms with E-state index in [9.17, 15) is 9.59 Å². The summed E-state index contributed by atoms with van der Waals surface area (Å²) in [5, 5.41) is 2.83. The summed E-state index contributed by atoms with van der Waals surface area (Å²) in [6, 6.07) is 10.5. The molecular weight excluding hydrogens is 342 g/mol. The molecule has 0 aromatic heterocycles. The van der Waals surface area contributed by atoms with Gasteiger partial charge in [0.25, 0.3) is 0 Å². The van der Waals surface area contributed by atoms with Gasteiger partial charge in [-0.05, 0) is 37.7 Å². The van der Waals surface area contributed by atoms with Gasteiger partial charge in [0, 0.05) is 32.8 Å². The summed E-state index contributed by atoms with van der Waals surface area (Å²) in [7, 11) is 0. The summed E-state index contributed by atoms with van der Waals surface area (Å²) in [6.07, 6.45) is 4.51. The van der Waals surface area contributed by atoms with Gasteiger partial charge in [-0.25, -0.2) is 0 Å². The van der Waals surface area contributed by atoms with Crippen LogP contribution in [0.4, 0.5) is 0 Å². The minimum absolute atomic E-state index is 0.0165. The van der Waals surface area contributed by atoms with Gasteiger partial charge in [0.1, 0.15) is 5.54 Å². The highest BCUT2D eigenvalue weighted by Crippen LogP contribution is 2.33. The van der Waals surface area contributed by atoms with Gasteiger partial charge in [0.05, 0.1) is 12.6 Å². The third-order valence-electron chi connectivity index (χ3n) is 6.29. The maximum Gasteiger partial charge on any atom is 0.246 e. The lowest BCUT2D eigenvalue weighted by molar-refractivity contribution is -0.159. The third-order valence-corrected chi connectivity index (χ3v) is 6.29. The Balaban J connectivity index is 1.40. The molecule has 1 spiro atoms. The van der Waals surface area contributed by atoms with Crippen molar-refractivity contribution in [1.82, 2.24) is 15.1 Å². The molecule has 1 aromatic rings. The van der Waals surface area contributed by atoms with E-state index in [0.29, 0.717) is 19.4 Å². The fraction of sp³-hybridized carbons (Fsp3) is 0.619. The van der Waals surface area contributed by atoms with E-state index in [-0.39, 0.29) is 24.5 Å². The van der Waals surface area contributed by atoms with Gasteiger partial charge in [-0.15, -0.1) is 0 Å². The smallest absolute Gasteiger partial charge is 0.246 e. The van der Waals surface area contributed by atoms with Crippen LogP contribution in [0.1, 0.15) is 31.2 Å². The highest BCUT2D eigenvalue weighted by molar-refractivity contribution is 5.98. The first-order valence-electron chi connectivity index (χ1n) is 10.1. The number of nitrogens with zero attached hydrogens (tertiary/aromatic N) is 2. The molecule has 2 amide bonds. The van der Waals surface area contributed by atoms with Gasteiger partial charge in [-0.1, -0.05) is 30.3 Å². The molecule has 3 saturated heterocycles. The van der Waals surface area contributed by atoms with Crippen LogP contribution in [0.15, 0.2) is 30.3 Å². The zero-order valence-corrected chi connectivity index (χ0v) is 15.9. The van der Waals surface area contributed by atoms with Crippen LogP contribution in [0.25, 0.3) is 0 Å².